The van der Waals surface area contributed by atoms with E-state index in [1.54, 1.807) is 11.3 Å². The van der Waals surface area contributed by atoms with E-state index in [0.29, 0.717) is 17.3 Å². The van der Waals surface area contributed by atoms with Crippen LogP contribution in [-0.4, -0.2) is 26.4 Å². The Morgan fingerprint density at radius 1 is 1.25 bits per heavy atom. The van der Waals surface area contributed by atoms with Crippen molar-refractivity contribution in [3.8, 4) is 5.00 Å². The number of thiophene rings is 1. The van der Waals surface area contributed by atoms with Crippen LogP contribution in [0.2, 0.25) is 5.02 Å². The van der Waals surface area contributed by atoms with Gasteiger partial charge < -0.3 is 5.73 Å². The summed E-state index contributed by atoms with van der Waals surface area (Å²) in [6.07, 6.45) is 0.546. The van der Waals surface area contributed by atoms with Gasteiger partial charge in [-0.05, 0) is 44.9 Å². The third-order valence-corrected chi connectivity index (χ3v) is 7.17. The Labute approximate surface area is 171 Å². The third kappa shape index (κ3) is 2.26. The van der Waals surface area contributed by atoms with Crippen LogP contribution in [0.25, 0.3) is 5.00 Å². The number of amides is 1. The fraction of sp³-hybridized carbons (Fsp3) is 0.300. The van der Waals surface area contributed by atoms with Crippen LogP contribution in [0.15, 0.2) is 29.3 Å². The van der Waals surface area contributed by atoms with Crippen molar-refractivity contribution in [1.29, 1.82) is 0 Å². The number of hydrogen-bond donors (Lipinski definition) is 1. The van der Waals surface area contributed by atoms with Gasteiger partial charge in [-0.1, -0.05) is 23.7 Å². The Hall–Kier alpha value is -2.51. The molecule has 2 aromatic heterocycles. The summed E-state index contributed by atoms with van der Waals surface area (Å²) in [7, 11) is 0. The first-order valence-electron chi connectivity index (χ1n) is 9.02. The summed E-state index contributed by atoms with van der Waals surface area (Å²) < 4.78 is 2.05. The number of halogens is 1. The lowest BCUT2D eigenvalue weighted by atomic mass is 9.99. The highest BCUT2D eigenvalue weighted by Gasteiger charge is 2.63. The number of carbonyl (C=O) groups is 1. The van der Waals surface area contributed by atoms with Crippen LogP contribution >= 0.6 is 22.9 Å². The lowest BCUT2D eigenvalue weighted by Gasteiger charge is -2.12. The molecule has 1 fully saturated rings. The number of primary amides is 1. The molecule has 1 aliphatic heterocycles. The number of rotatable bonds is 2. The molecule has 2 unspecified atom stereocenters. The number of carbonyl (C=O) groups excluding carboxylic acids is 1. The molecular weight excluding hydrogens is 394 g/mol. The zero-order chi connectivity index (χ0) is 19.8. The van der Waals surface area contributed by atoms with Crippen LogP contribution in [0.3, 0.4) is 0 Å². The summed E-state index contributed by atoms with van der Waals surface area (Å²) in [5.41, 5.74) is 8.94. The molecule has 1 aliphatic carbocycles. The number of nitrogens with two attached hydrogens (primary N) is 1. The molecule has 1 amide bonds. The second-order valence-electron chi connectivity index (χ2n) is 7.42. The molecule has 0 saturated heterocycles. The zero-order valence-corrected chi connectivity index (χ0v) is 17.2. The predicted octanol–water partition coefficient (Wildman–Crippen LogP) is 3.46. The second-order valence-corrected chi connectivity index (χ2v) is 9.06. The van der Waals surface area contributed by atoms with Gasteiger partial charge in [0.1, 0.15) is 16.4 Å². The number of aliphatic imine (C=N–C) groups is 1. The van der Waals surface area contributed by atoms with Crippen molar-refractivity contribution in [2.24, 2.45) is 16.6 Å². The first-order valence-corrected chi connectivity index (χ1v) is 10.2. The van der Waals surface area contributed by atoms with Gasteiger partial charge in [0, 0.05) is 21.0 Å². The molecule has 2 atom stereocenters. The summed E-state index contributed by atoms with van der Waals surface area (Å²) in [5.74, 6) is 0.733. The van der Waals surface area contributed by atoms with Crippen molar-refractivity contribution < 1.29 is 4.79 Å². The Bertz CT molecular complexity index is 1180. The van der Waals surface area contributed by atoms with E-state index in [0.717, 1.165) is 27.7 Å². The fourth-order valence-electron chi connectivity index (χ4n) is 4.01. The summed E-state index contributed by atoms with van der Waals surface area (Å²) in [6.45, 7) is 6.13. The van der Waals surface area contributed by atoms with Gasteiger partial charge >= 0.3 is 0 Å². The number of nitrogens with zero attached hydrogens (tertiary/aromatic N) is 4. The van der Waals surface area contributed by atoms with Crippen molar-refractivity contribution in [3.05, 3.63) is 62.5 Å². The number of hydrogen-bond acceptors (Lipinski definition) is 5. The van der Waals surface area contributed by atoms with E-state index >= 15 is 0 Å². The van der Waals surface area contributed by atoms with Crippen LogP contribution in [0, 0.1) is 26.7 Å². The zero-order valence-electron chi connectivity index (χ0n) is 15.7. The van der Waals surface area contributed by atoms with Gasteiger partial charge in [-0.15, -0.1) is 21.5 Å². The maximum atomic E-state index is 12.1. The Balaban J connectivity index is 1.86. The van der Waals surface area contributed by atoms with Gasteiger partial charge in [-0.25, -0.2) is 0 Å². The van der Waals surface area contributed by atoms with Gasteiger partial charge in [0.15, 0.2) is 5.82 Å². The molecule has 6 nitrogen and oxygen atoms in total. The molecule has 1 aromatic carbocycles. The van der Waals surface area contributed by atoms with Crippen molar-refractivity contribution in [2.75, 3.05) is 0 Å². The number of benzene rings is 1. The molecule has 5 rings (SSSR count). The van der Waals surface area contributed by atoms with Crippen molar-refractivity contribution >= 4 is 34.6 Å². The molecule has 142 valence electrons. The molecule has 1 spiro atoms. The minimum absolute atomic E-state index is 0.357. The lowest BCUT2D eigenvalue weighted by molar-refractivity contribution is -0.119. The van der Waals surface area contributed by atoms with Gasteiger partial charge in [0.25, 0.3) is 0 Å². The van der Waals surface area contributed by atoms with Crippen molar-refractivity contribution in [3.63, 3.8) is 0 Å². The number of aromatic nitrogens is 3. The van der Waals surface area contributed by atoms with Crippen LogP contribution in [0.4, 0.5) is 0 Å². The van der Waals surface area contributed by atoms with Gasteiger partial charge in [0.2, 0.25) is 5.91 Å². The van der Waals surface area contributed by atoms with Crippen LogP contribution in [-0.2, 0) is 10.3 Å². The van der Waals surface area contributed by atoms with E-state index in [-0.39, 0.29) is 11.8 Å². The monoisotopic (exact) mass is 411 g/mol. The van der Waals surface area contributed by atoms with Crippen LogP contribution < -0.4 is 5.73 Å². The van der Waals surface area contributed by atoms with E-state index in [9.17, 15) is 4.79 Å². The highest BCUT2D eigenvalue weighted by atomic mass is 35.5. The van der Waals surface area contributed by atoms with Crippen LogP contribution in [0.5, 0.6) is 0 Å². The quantitative estimate of drug-likeness (QED) is 0.700. The first-order chi connectivity index (χ1) is 13.3. The number of aryl methyl sites for hydroxylation is 2. The molecule has 0 radical (unpaired) electrons. The number of fused-ring (bicyclic) bond motifs is 4. The van der Waals surface area contributed by atoms with E-state index in [2.05, 4.69) is 28.6 Å². The molecule has 28 heavy (non-hydrogen) atoms. The SMILES string of the molecule is Cc1sc2c(c1C)C(c1ccc(Cl)cc1)=NC1(CC1C(N)=O)c1nnc(C)n1-2. The summed E-state index contributed by atoms with van der Waals surface area (Å²) >= 11 is 7.80. The normalized spacial score (nSPS) is 22.4. The molecule has 2 aliphatic rings. The fourth-order valence-corrected chi connectivity index (χ4v) is 5.34. The topological polar surface area (TPSA) is 86.2 Å². The third-order valence-electron chi connectivity index (χ3n) is 5.72. The lowest BCUT2D eigenvalue weighted by Crippen LogP contribution is -2.23. The second kappa shape index (κ2) is 5.75. The Morgan fingerprint density at radius 3 is 2.61 bits per heavy atom. The molecule has 3 heterocycles. The average Bonchev–Trinajstić information content (AvgIpc) is 3.19. The molecule has 3 aromatic rings. The maximum absolute atomic E-state index is 12.1. The smallest absolute Gasteiger partial charge is 0.223 e. The van der Waals surface area contributed by atoms with E-state index in [4.69, 9.17) is 22.3 Å². The molecule has 0 bridgehead atoms. The Morgan fingerprint density at radius 2 is 1.96 bits per heavy atom. The summed E-state index contributed by atoms with van der Waals surface area (Å²) in [5, 5.41) is 10.4. The standard InChI is InChI=1S/C20H18ClN5OS/c1-9-10(2)28-18-15(9)16(12-4-6-13(21)7-5-12)23-20(8-14(20)17(22)27)19-25-24-11(3)26(18)19/h4-7,14H,8H2,1-3H3,(H2,22,27). The van der Waals surface area contributed by atoms with E-state index < -0.39 is 5.54 Å². The minimum atomic E-state index is -0.763. The highest BCUT2D eigenvalue weighted by molar-refractivity contribution is 7.15. The van der Waals surface area contributed by atoms with Gasteiger partial charge in [-0.3, -0.25) is 14.4 Å². The van der Waals surface area contributed by atoms with E-state index in [1.807, 2.05) is 31.2 Å². The van der Waals surface area contributed by atoms with Gasteiger partial charge in [-0.2, -0.15) is 0 Å². The van der Waals surface area contributed by atoms with Crippen LogP contribution in [0.1, 0.15) is 39.6 Å². The van der Waals surface area contributed by atoms with E-state index in [1.165, 1.54) is 10.4 Å². The molecule has 1 saturated carbocycles. The summed E-state index contributed by atoms with van der Waals surface area (Å²) in [6, 6.07) is 7.64. The largest absolute Gasteiger partial charge is 0.369 e. The van der Waals surface area contributed by atoms with Crippen molar-refractivity contribution in [2.45, 2.75) is 32.7 Å². The minimum Gasteiger partial charge on any atom is -0.369 e. The Kier molecular flexibility index (Phi) is 3.61. The molecular formula is C20H18ClN5OS. The predicted molar refractivity (Wildman–Crippen MR) is 110 cm³/mol. The summed E-state index contributed by atoms with van der Waals surface area (Å²) in [4.78, 5) is 18.4. The van der Waals surface area contributed by atoms with Gasteiger partial charge in [0.05, 0.1) is 11.6 Å². The first kappa shape index (κ1) is 17.6. The van der Waals surface area contributed by atoms with Crippen molar-refractivity contribution in [1.82, 2.24) is 14.8 Å². The molecule has 2 N–H and O–H groups in total. The maximum Gasteiger partial charge on any atom is 0.223 e. The average molecular weight is 412 g/mol. The molecule has 8 heteroatoms. The highest BCUT2D eigenvalue weighted by Crippen LogP contribution is 2.57.